The maximum absolute atomic E-state index is 13.2. The quantitative estimate of drug-likeness (QED) is 0.840. The molecule has 0 aliphatic heterocycles. The van der Waals surface area contributed by atoms with E-state index in [0.717, 1.165) is 22.9 Å². The summed E-state index contributed by atoms with van der Waals surface area (Å²) in [6, 6.07) is 9.17. The molecule has 7 heteroatoms. The predicted octanol–water partition coefficient (Wildman–Crippen LogP) is 3.08. The number of sulfonamides is 1. The number of nitrogens with one attached hydrogen (secondary N) is 1. The van der Waals surface area contributed by atoms with Crippen LogP contribution in [0.3, 0.4) is 0 Å². The summed E-state index contributed by atoms with van der Waals surface area (Å²) in [5.74, 6) is -0.663. The molecule has 0 aromatic heterocycles. The van der Waals surface area contributed by atoms with E-state index in [-0.39, 0.29) is 23.9 Å². The lowest BCUT2D eigenvalue weighted by molar-refractivity contribution is -0.116. The minimum Gasteiger partial charge on any atom is -0.311 e. The topological polar surface area (TPSA) is 66.5 Å². The maximum Gasteiger partial charge on any atom is 0.240 e. The maximum atomic E-state index is 13.2. The minimum atomic E-state index is -3.78. The zero-order valence-electron chi connectivity index (χ0n) is 15.3. The second kappa shape index (κ2) is 7.97. The van der Waals surface area contributed by atoms with Crippen LogP contribution in [0.15, 0.2) is 41.3 Å². The van der Waals surface area contributed by atoms with Crippen LogP contribution in [0.5, 0.6) is 0 Å². The highest BCUT2D eigenvalue weighted by Crippen LogP contribution is 2.19. The summed E-state index contributed by atoms with van der Waals surface area (Å²) in [4.78, 5) is 13.5. The number of aryl methyl sites for hydroxylation is 3. The van der Waals surface area contributed by atoms with Gasteiger partial charge in [-0.2, -0.15) is 0 Å². The van der Waals surface area contributed by atoms with Crippen molar-refractivity contribution in [2.45, 2.75) is 32.6 Å². The van der Waals surface area contributed by atoms with Crippen LogP contribution in [0.2, 0.25) is 0 Å². The van der Waals surface area contributed by atoms with Gasteiger partial charge in [0.15, 0.2) is 0 Å². The highest BCUT2D eigenvalue weighted by Gasteiger charge is 2.18. The van der Waals surface area contributed by atoms with Crippen LogP contribution >= 0.6 is 0 Å². The number of nitrogens with zero attached hydrogens (tertiary/aromatic N) is 1. The van der Waals surface area contributed by atoms with Crippen molar-refractivity contribution in [3.63, 3.8) is 0 Å². The van der Waals surface area contributed by atoms with Gasteiger partial charge in [-0.1, -0.05) is 6.07 Å². The van der Waals surface area contributed by atoms with Gasteiger partial charge in [-0.05, 0) is 67.8 Å². The molecule has 0 bridgehead atoms. The Morgan fingerprint density at radius 3 is 2.31 bits per heavy atom. The molecule has 0 aliphatic rings. The molecule has 0 radical (unpaired) electrons. The van der Waals surface area contributed by atoms with Gasteiger partial charge in [0, 0.05) is 25.7 Å². The Morgan fingerprint density at radius 2 is 1.73 bits per heavy atom. The first-order valence-corrected chi connectivity index (χ1v) is 9.71. The summed E-state index contributed by atoms with van der Waals surface area (Å²) in [6.45, 7) is 7.15. The van der Waals surface area contributed by atoms with E-state index >= 15 is 0 Å². The van der Waals surface area contributed by atoms with Crippen LogP contribution in [0.1, 0.15) is 23.6 Å². The van der Waals surface area contributed by atoms with E-state index in [1.807, 2.05) is 32.0 Å². The highest BCUT2D eigenvalue weighted by atomic mass is 32.2. The number of hydrogen-bond acceptors (Lipinski definition) is 3. The minimum absolute atomic E-state index is 0.0273. The summed E-state index contributed by atoms with van der Waals surface area (Å²) in [6.07, 6.45) is 0. The fourth-order valence-corrected chi connectivity index (χ4v) is 3.89. The van der Waals surface area contributed by atoms with E-state index in [2.05, 4.69) is 4.72 Å². The number of carbonyl (C=O) groups is 1. The molecule has 0 aliphatic carbocycles. The van der Waals surface area contributed by atoms with Crippen molar-refractivity contribution in [1.82, 2.24) is 4.72 Å². The van der Waals surface area contributed by atoms with Gasteiger partial charge in [0.25, 0.3) is 0 Å². The van der Waals surface area contributed by atoms with Crippen LogP contribution in [0, 0.1) is 26.6 Å². The van der Waals surface area contributed by atoms with Gasteiger partial charge in [0.05, 0.1) is 4.90 Å². The standard InChI is InChI=1S/C19H23FN2O3S/c1-13-5-7-18(12-14(13)2)22(16(4)23)10-9-21-26(24,25)19-8-6-17(20)11-15(19)3/h5-8,11-12,21H,9-10H2,1-4H3. The van der Waals surface area contributed by atoms with Crippen LogP contribution in [-0.4, -0.2) is 27.4 Å². The molecule has 0 heterocycles. The average Bonchev–Trinajstić information content (AvgIpc) is 2.53. The zero-order chi connectivity index (χ0) is 19.5. The molecule has 1 N–H and O–H groups in total. The van der Waals surface area contributed by atoms with Crippen LogP contribution in [0.25, 0.3) is 0 Å². The van der Waals surface area contributed by atoms with Gasteiger partial charge in [0.2, 0.25) is 15.9 Å². The summed E-state index contributed by atoms with van der Waals surface area (Å²) < 4.78 is 40.5. The van der Waals surface area contributed by atoms with Crippen molar-refractivity contribution in [2.75, 3.05) is 18.0 Å². The Morgan fingerprint density at radius 1 is 1.04 bits per heavy atom. The third-order valence-electron chi connectivity index (χ3n) is 4.24. The molecule has 0 atom stereocenters. The van der Waals surface area contributed by atoms with Gasteiger partial charge in [-0.3, -0.25) is 4.79 Å². The van der Waals surface area contributed by atoms with E-state index in [4.69, 9.17) is 0 Å². The van der Waals surface area contributed by atoms with Gasteiger partial charge >= 0.3 is 0 Å². The predicted molar refractivity (Wildman–Crippen MR) is 100 cm³/mol. The normalized spacial score (nSPS) is 11.4. The van der Waals surface area contributed by atoms with E-state index in [1.165, 1.54) is 30.9 Å². The van der Waals surface area contributed by atoms with Crippen molar-refractivity contribution < 1.29 is 17.6 Å². The fourth-order valence-electron chi connectivity index (χ4n) is 2.65. The van der Waals surface area contributed by atoms with Crippen molar-refractivity contribution >= 4 is 21.6 Å². The number of carbonyl (C=O) groups excluding carboxylic acids is 1. The monoisotopic (exact) mass is 378 g/mol. The molecule has 2 aromatic carbocycles. The molecular weight excluding hydrogens is 355 g/mol. The van der Waals surface area contributed by atoms with Crippen LogP contribution in [-0.2, 0) is 14.8 Å². The van der Waals surface area contributed by atoms with Gasteiger partial charge < -0.3 is 4.90 Å². The van der Waals surface area contributed by atoms with Gasteiger partial charge in [-0.25, -0.2) is 17.5 Å². The number of halogens is 1. The Kier molecular flexibility index (Phi) is 6.15. The first kappa shape index (κ1) is 20.1. The third-order valence-corrected chi connectivity index (χ3v) is 5.86. The van der Waals surface area contributed by atoms with Crippen molar-refractivity contribution in [2.24, 2.45) is 0 Å². The lowest BCUT2D eigenvalue weighted by atomic mass is 10.1. The summed E-state index contributed by atoms with van der Waals surface area (Å²) in [7, 11) is -3.78. The number of rotatable bonds is 6. The van der Waals surface area contributed by atoms with E-state index in [1.54, 1.807) is 0 Å². The van der Waals surface area contributed by atoms with Gasteiger partial charge in [0.1, 0.15) is 5.82 Å². The number of benzene rings is 2. The molecule has 0 fully saturated rings. The number of anilines is 1. The molecule has 26 heavy (non-hydrogen) atoms. The molecule has 2 rings (SSSR count). The Bertz CT molecular complexity index is 926. The molecular formula is C19H23FN2O3S. The summed E-state index contributed by atoms with van der Waals surface area (Å²) >= 11 is 0. The largest absolute Gasteiger partial charge is 0.311 e. The first-order valence-electron chi connectivity index (χ1n) is 8.23. The summed E-state index contributed by atoms with van der Waals surface area (Å²) in [5, 5.41) is 0. The highest BCUT2D eigenvalue weighted by molar-refractivity contribution is 7.89. The lowest BCUT2D eigenvalue weighted by Crippen LogP contribution is -2.37. The lowest BCUT2D eigenvalue weighted by Gasteiger charge is -2.22. The molecule has 0 spiro atoms. The molecule has 0 unspecified atom stereocenters. The smallest absolute Gasteiger partial charge is 0.240 e. The van der Waals surface area contributed by atoms with Crippen molar-refractivity contribution in [1.29, 1.82) is 0 Å². The van der Waals surface area contributed by atoms with Crippen molar-refractivity contribution in [3.05, 3.63) is 58.9 Å². The number of amides is 1. The van der Waals surface area contributed by atoms with Gasteiger partial charge in [-0.15, -0.1) is 0 Å². The second-order valence-corrected chi connectivity index (χ2v) is 7.98. The third kappa shape index (κ3) is 4.68. The molecule has 0 saturated heterocycles. The van der Waals surface area contributed by atoms with Crippen molar-refractivity contribution in [3.8, 4) is 0 Å². The van der Waals surface area contributed by atoms with E-state index in [0.29, 0.717) is 5.56 Å². The van der Waals surface area contributed by atoms with Crippen LogP contribution in [0.4, 0.5) is 10.1 Å². The molecule has 2 aromatic rings. The Balaban J connectivity index is 2.12. The SMILES string of the molecule is CC(=O)N(CCNS(=O)(=O)c1ccc(F)cc1C)c1ccc(C)c(C)c1. The average molecular weight is 378 g/mol. The fraction of sp³-hybridized carbons (Fsp3) is 0.316. The van der Waals surface area contributed by atoms with Crippen LogP contribution < -0.4 is 9.62 Å². The first-order chi connectivity index (χ1) is 12.1. The Hall–Kier alpha value is -2.25. The Labute approximate surface area is 153 Å². The van der Waals surface area contributed by atoms with E-state index < -0.39 is 15.8 Å². The molecule has 140 valence electrons. The zero-order valence-corrected chi connectivity index (χ0v) is 16.2. The molecule has 1 amide bonds. The molecule has 5 nitrogen and oxygen atoms in total. The van der Waals surface area contributed by atoms with E-state index in [9.17, 15) is 17.6 Å². The number of hydrogen-bond donors (Lipinski definition) is 1. The molecule has 0 saturated carbocycles. The summed E-state index contributed by atoms with van der Waals surface area (Å²) in [5.41, 5.74) is 3.22. The second-order valence-electron chi connectivity index (χ2n) is 6.25.